The first kappa shape index (κ1) is 20.4. The van der Waals surface area contributed by atoms with Crippen LogP contribution >= 0.6 is 31.9 Å². The maximum Gasteiger partial charge on any atom is 0.338 e. The summed E-state index contributed by atoms with van der Waals surface area (Å²) in [7, 11) is 1.37. The molecular formula is C22H18Br2N2O2. The predicted molar refractivity (Wildman–Crippen MR) is 118 cm³/mol. The molecule has 0 radical (unpaired) electrons. The Morgan fingerprint density at radius 3 is 2.32 bits per heavy atom. The van der Waals surface area contributed by atoms with E-state index in [1.165, 1.54) is 7.11 Å². The molecule has 4 nitrogen and oxygen atoms in total. The Labute approximate surface area is 180 Å². The molecule has 0 N–H and O–H groups in total. The van der Waals surface area contributed by atoms with Crippen LogP contribution in [0.25, 0.3) is 11.1 Å². The average Bonchev–Trinajstić information content (AvgIpc) is 2.69. The fraction of sp³-hybridized carbons (Fsp3) is 0.136. The number of nitrogens with zero attached hydrogens (tertiary/aromatic N) is 2. The Bertz CT molecular complexity index is 1010. The van der Waals surface area contributed by atoms with Crippen LogP contribution in [-0.4, -0.2) is 13.1 Å². The van der Waals surface area contributed by atoms with Crippen LogP contribution < -0.4 is 0 Å². The van der Waals surface area contributed by atoms with Gasteiger partial charge in [0.1, 0.15) is 0 Å². The van der Waals surface area contributed by atoms with Crippen LogP contribution in [0.3, 0.4) is 0 Å². The van der Waals surface area contributed by atoms with Crippen molar-refractivity contribution in [1.82, 2.24) is 0 Å². The molecule has 0 unspecified atom stereocenters. The maximum atomic E-state index is 12.3. The lowest BCUT2D eigenvalue weighted by Crippen LogP contribution is -2.03. The van der Waals surface area contributed by atoms with Gasteiger partial charge >= 0.3 is 5.97 Å². The Kier molecular flexibility index (Phi) is 6.75. The molecule has 0 aromatic heterocycles. The van der Waals surface area contributed by atoms with E-state index in [2.05, 4.69) is 42.1 Å². The molecule has 0 amide bonds. The first-order chi connectivity index (χ1) is 13.5. The van der Waals surface area contributed by atoms with Crippen LogP contribution in [0, 0.1) is 6.92 Å². The first-order valence-corrected chi connectivity index (χ1v) is 10.2. The molecule has 3 rings (SSSR count). The van der Waals surface area contributed by atoms with Crippen LogP contribution in [0.4, 0.5) is 5.69 Å². The van der Waals surface area contributed by atoms with Crippen molar-refractivity contribution in [2.75, 3.05) is 7.11 Å². The molecule has 0 saturated carbocycles. The number of halogens is 2. The van der Waals surface area contributed by atoms with Crippen molar-refractivity contribution in [3.63, 3.8) is 0 Å². The molecule has 0 fully saturated rings. The van der Waals surface area contributed by atoms with Crippen molar-refractivity contribution in [2.24, 2.45) is 10.2 Å². The van der Waals surface area contributed by atoms with Gasteiger partial charge in [-0.3, -0.25) is 0 Å². The standard InChI is InChI=1S/C22H18Br2N2O2/c1-14-11-18(23)17(19(24)12-14)13-25-26-20-10-6-9-16(22(27)28-2)21(20)15-7-4-3-5-8-15/h3-12H,13H2,1-2H3. The Morgan fingerprint density at radius 2 is 1.68 bits per heavy atom. The van der Waals surface area contributed by atoms with E-state index in [9.17, 15) is 4.79 Å². The molecule has 0 aliphatic rings. The number of ether oxygens (including phenoxy) is 1. The summed E-state index contributed by atoms with van der Waals surface area (Å²) in [5, 5.41) is 8.82. The fourth-order valence-electron chi connectivity index (χ4n) is 2.87. The minimum Gasteiger partial charge on any atom is -0.465 e. The van der Waals surface area contributed by atoms with Crippen LogP contribution in [-0.2, 0) is 11.3 Å². The van der Waals surface area contributed by atoms with Crippen LogP contribution in [0.15, 0.2) is 79.8 Å². The highest BCUT2D eigenvalue weighted by atomic mass is 79.9. The summed E-state index contributed by atoms with van der Waals surface area (Å²) in [6.45, 7) is 2.43. The van der Waals surface area contributed by atoms with Crippen molar-refractivity contribution in [3.8, 4) is 11.1 Å². The van der Waals surface area contributed by atoms with Gasteiger partial charge in [-0.15, -0.1) is 0 Å². The molecule has 0 bridgehead atoms. The zero-order chi connectivity index (χ0) is 20.1. The number of hydrogen-bond donors (Lipinski definition) is 0. The minimum atomic E-state index is -0.403. The molecule has 6 heteroatoms. The smallest absolute Gasteiger partial charge is 0.338 e. The van der Waals surface area contributed by atoms with Crippen LogP contribution in [0.2, 0.25) is 0 Å². The topological polar surface area (TPSA) is 51.0 Å². The molecular weight excluding hydrogens is 484 g/mol. The molecule has 0 aliphatic heterocycles. The second-order valence-corrected chi connectivity index (χ2v) is 7.87. The molecule has 3 aromatic rings. The summed E-state index contributed by atoms with van der Waals surface area (Å²) >= 11 is 7.17. The highest BCUT2D eigenvalue weighted by Crippen LogP contribution is 2.35. The van der Waals surface area contributed by atoms with Gasteiger partial charge in [-0.1, -0.05) is 68.3 Å². The number of hydrogen-bond acceptors (Lipinski definition) is 4. The monoisotopic (exact) mass is 500 g/mol. The van der Waals surface area contributed by atoms with Gasteiger partial charge in [-0.2, -0.15) is 10.2 Å². The molecule has 28 heavy (non-hydrogen) atoms. The lowest BCUT2D eigenvalue weighted by atomic mass is 9.98. The Balaban J connectivity index is 2.01. The fourth-order valence-corrected chi connectivity index (χ4v) is 4.54. The molecule has 0 saturated heterocycles. The number of carbonyl (C=O) groups is 1. The summed E-state index contributed by atoms with van der Waals surface area (Å²) in [5.41, 5.74) is 4.84. The third-order valence-corrected chi connectivity index (χ3v) is 5.62. The summed E-state index contributed by atoms with van der Waals surface area (Å²) in [4.78, 5) is 12.3. The summed E-state index contributed by atoms with van der Waals surface area (Å²) in [6, 6.07) is 19.1. The number of carbonyl (C=O) groups excluding carboxylic acids is 1. The molecule has 0 spiro atoms. The van der Waals surface area contributed by atoms with Crippen molar-refractivity contribution >= 4 is 43.5 Å². The number of rotatable bonds is 5. The van der Waals surface area contributed by atoms with E-state index >= 15 is 0 Å². The third kappa shape index (κ3) is 4.56. The lowest BCUT2D eigenvalue weighted by molar-refractivity contribution is 0.0601. The second kappa shape index (κ2) is 9.26. The zero-order valence-corrected chi connectivity index (χ0v) is 18.6. The van der Waals surface area contributed by atoms with E-state index in [-0.39, 0.29) is 0 Å². The van der Waals surface area contributed by atoms with Crippen molar-refractivity contribution in [1.29, 1.82) is 0 Å². The van der Waals surface area contributed by atoms with Crippen molar-refractivity contribution < 1.29 is 9.53 Å². The van der Waals surface area contributed by atoms with Crippen molar-refractivity contribution in [2.45, 2.75) is 13.5 Å². The molecule has 0 atom stereocenters. The van der Waals surface area contributed by atoms with E-state index in [1.807, 2.05) is 55.5 Å². The van der Waals surface area contributed by atoms with E-state index in [1.54, 1.807) is 12.1 Å². The minimum absolute atomic E-state index is 0.401. The largest absolute Gasteiger partial charge is 0.465 e. The number of azo groups is 1. The zero-order valence-electron chi connectivity index (χ0n) is 15.4. The molecule has 3 aromatic carbocycles. The van der Waals surface area contributed by atoms with E-state index in [0.29, 0.717) is 23.4 Å². The van der Waals surface area contributed by atoms with E-state index in [0.717, 1.165) is 25.6 Å². The highest BCUT2D eigenvalue weighted by molar-refractivity contribution is 9.11. The summed E-state index contributed by atoms with van der Waals surface area (Å²) < 4.78 is 6.90. The highest BCUT2D eigenvalue weighted by Gasteiger charge is 2.17. The van der Waals surface area contributed by atoms with Crippen LogP contribution in [0.5, 0.6) is 0 Å². The van der Waals surface area contributed by atoms with Gasteiger partial charge in [0.2, 0.25) is 0 Å². The van der Waals surface area contributed by atoms with Gasteiger partial charge in [0.05, 0.1) is 24.9 Å². The number of aryl methyl sites for hydroxylation is 1. The molecule has 0 heterocycles. The Morgan fingerprint density at radius 1 is 1.00 bits per heavy atom. The van der Waals surface area contributed by atoms with E-state index < -0.39 is 5.97 Å². The quantitative estimate of drug-likeness (QED) is 0.273. The maximum absolute atomic E-state index is 12.3. The molecule has 142 valence electrons. The number of esters is 1. The van der Waals surface area contributed by atoms with Gasteiger partial charge in [0.15, 0.2) is 0 Å². The predicted octanol–water partition coefficient (Wildman–Crippen LogP) is 7.26. The van der Waals surface area contributed by atoms with E-state index in [4.69, 9.17) is 4.74 Å². The molecule has 0 aliphatic carbocycles. The first-order valence-electron chi connectivity index (χ1n) is 8.60. The number of methoxy groups -OCH3 is 1. The average molecular weight is 502 g/mol. The number of benzene rings is 3. The summed E-state index contributed by atoms with van der Waals surface area (Å²) in [5.74, 6) is -0.403. The Hall–Kier alpha value is -2.31. The van der Waals surface area contributed by atoms with Gasteiger partial charge in [0, 0.05) is 20.1 Å². The summed E-state index contributed by atoms with van der Waals surface area (Å²) in [6.07, 6.45) is 0. The van der Waals surface area contributed by atoms with Crippen molar-refractivity contribution in [3.05, 3.63) is 86.3 Å². The van der Waals surface area contributed by atoms with Crippen LogP contribution in [0.1, 0.15) is 21.5 Å². The van der Waals surface area contributed by atoms with Gasteiger partial charge in [0.25, 0.3) is 0 Å². The van der Waals surface area contributed by atoms with Gasteiger partial charge in [-0.25, -0.2) is 4.79 Å². The normalized spacial score (nSPS) is 11.0. The van der Waals surface area contributed by atoms with Gasteiger partial charge in [-0.05, 0) is 42.3 Å². The lowest BCUT2D eigenvalue weighted by Gasteiger charge is -2.11. The van der Waals surface area contributed by atoms with Gasteiger partial charge < -0.3 is 4.74 Å². The SMILES string of the molecule is COC(=O)c1cccc(N=NCc2c(Br)cc(C)cc2Br)c1-c1ccccc1. The second-order valence-electron chi connectivity index (χ2n) is 6.16. The third-order valence-electron chi connectivity index (χ3n) is 4.20.